The summed E-state index contributed by atoms with van der Waals surface area (Å²) in [5, 5.41) is 8.92. The van der Waals surface area contributed by atoms with Gasteiger partial charge in [-0.25, -0.2) is 0 Å². The third-order valence-electron chi connectivity index (χ3n) is 2.41. The largest absolute Gasteiger partial charge is 0.512 e. The van der Waals surface area contributed by atoms with Gasteiger partial charge in [-0.15, -0.1) is 0 Å². The normalized spacial score (nSPS) is 12.9. The van der Waals surface area contributed by atoms with Gasteiger partial charge in [0.1, 0.15) is 0 Å². The van der Waals surface area contributed by atoms with E-state index < -0.39 is 0 Å². The first kappa shape index (κ1) is 14.9. The van der Waals surface area contributed by atoms with Gasteiger partial charge in [0.25, 0.3) is 0 Å². The molecule has 0 saturated carbocycles. The molecule has 0 heterocycles. The second-order valence-corrected chi connectivity index (χ2v) is 4.34. The van der Waals surface area contributed by atoms with Crippen molar-refractivity contribution in [3.8, 4) is 0 Å². The van der Waals surface area contributed by atoms with Crippen molar-refractivity contribution >= 4 is 5.78 Å². The van der Waals surface area contributed by atoms with Crippen LogP contribution >= 0.6 is 0 Å². The Morgan fingerprint density at radius 3 is 2.25 bits per heavy atom. The molecule has 0 aromatic heterocycles. The van der Waals surface area contributed by atoms with Gasteiger partial charge in [-0.1, -0.05) is 38.2 Å². The Hall–Kier alpha value is -1.05. The topological polar surface area (TPSA) is 37.3 Å². The second-order valence-electron chi connectivity index (χ2n) is 4.34. The molecule has 0 rings (SSSR count). The van der Waals surface area contributed by atoms with Crippen LogP contribution in [-0.4, -0.2) is 10.9 Å². The predicted molar refractivity (Wildman–Crippen MR) is 68.5 cm³/mol. The molecule has 0 fully saturated rings. The molecule has 1 N–H and O–H groups in total. The summed E-state index contributed by atoms with van der Waals surface area (Å²) < 4.78 is 0. The molecule has 0 aliphatic rings. The smallest absolute Gasteiger partial charge is 0.181 e. The molecule has 0 aromatic rings. The number of ketones is 1. The maximum absolute atomic E-state index is 11.3. The minimum Gasteiger partial charge on any atom is -0.512 e. The Labute approximate surface area is 99.1 Å². The standard InChI is InChI=1S/C14H24O2/c1-4-5-6-7-8-9-12(2)10-14(16)11-13(3)15/h10-11,15H,4-9H2,1-3H3/b12-10+,13-11+. The molecule has 0 spiro atoms. The van der Waals surface area contributed by atoms with E-state index in [0.29, 0.717) is 0 Å². The first-order valence-corrected chi connectivity index (χ1v) is 6.14. The zero-order chi connectivity index (χ0) is 12.4. The van der Waals surface area contributed by atoms with E-state index in [-0.39, 0.29) is 11.5 Å². The molecule has 0 saturated heterocycles. The number of hydrogen-bond donors (Lipinski definition) is 1. The summed E-state index contributed by atoms with van der Waals surface area (Å²) in [6.45, 7) is 5.68. The van der Waals surface area contributed by atoms with E-state index in [9.17, 15) is 4.79 Å². The molecule has 0 atom stereocenters. The lowest BCUT2D eigenvalue weighted by atomic mass is 10.1. The molecule has 2 heteroatoms. The van der Waals surface area contributed by atoms with Crippen molar-refractivity contribution in [1.29, 1.82) is 0 Å². The van der Waals surface area contributed by atoms with Gasteiger partial charge in [-0.05, 0) is 32.8 Å². The minimum atomic E-state index is -0.119. The second kappa shape index (κ2) is 9.20. The summed E-state index contributed by atoms with van der Waals surface area (Å²) >= 11 is 0. The Balaban J connectivity index is 3.79. The van der Waals surface area contributed by atoms with Gasteiger partial charge < -0.3 is 5.11 Å². The summed E-state index contributed by atoms with van der Waals surface area (Å²) in [6, 6.07) is 0. The van der Waals surface area contributed by atoms with Crippen molar-refractivity contribution in [1.82, 2.24) is 0 Å². The van der Waals surface area contributed by atoms with E-state index in [4.69, 9.17) is 5.11 Å². The fourth-order valence-corrected chi connectivity index (χ4v) is 1.57. The van der Waals surface area contributed by atoms with Crippen LogP contribution in [0.3, 0.4) is 0 Å². The number of allylic oxidation sites excluding steroid dienone is 4. The Kier molecular flexibility index (Phi) is 8.59. The van der Waals surface area contributed by atoms with Gasteiger partial charge in [0, 0.05) is 6.08 Å². The number of carbonyl (C=O) groups excluding carboxylic acids is 1. The number of unbranched alkanes of at least 4 members (excludes halogenated alkanes) is 4. The Morgan fingerprint density at radius 2 is 1.69 bits per heavy atom. The van der Waals surface area contributed by atoms with Gasteiger partial charge in [-0.3, -0.25) is 4.79 Å². The molecule has 0 radical (unpaired) electrons. The molecule has 92 valence electrons. The molecule has 0 unspecified atom stereocenters. The molecule has 0 aliphatic heterocycles. The minimum absolute atomic E-state index is 0.0667. The lowest BCUT2D eigenvalue weighted by molar-refractivity contribution is -0.110. The maximum Gasteiger partial charge on any atom is 0.181 e. The van der Waals surface area contributed by atoms with E-state index in [1.807, 2.05) is 6.92 Å². The van der Waals surface area contributed by atoms with Crippen LogP contribution in [0.2, 0.25) is 0 Å². The number of carbonyl (C=O) groups is 1. The van der Waals surface area contributed by atoms with Crippen LogP contribution in [-0.2, 0) is 4.79 Å². The van der Waals surface area contributed by atoms with E-state index in [2.05, 4.69) is 6.92 Å². The van der Waals surface area contributed by atoms with Crippen molar-refractivity contribution in [3.63, 3.8) is 0 Å². The zero-order valence-electron chi connectivity index (χ0n) is 10.8. The van der Waals surface area contributed by atoms with E-state index in [0.717, 1.165) is 18.4 Å². The van der Waals surface area contributed by atoms with E-state index in [1.165, 1.54) is 38.7 Å². The number of aliphatic hydroxyl groups excluding tert-OH is 1. The molecular weight excluding hydrogens is 200 g/mol. The van der Waals surface area contributed by atoms with E-state index >= 15 is 0 Å². The molecule has 16 heavy (non-hydrogen) atoms. The van der Waals surface area contributed by atoms with Crippen molar-refractivity contribution in [2.24, 2.45) is 0 Å². The van der Waals surface area contributed by atoms with Crippen molar-refractivity contribution in [2.45, 2.75) is 59.3 Å². The molecule has 0 aromatic carbocycles. The SMILES string of the molecule is CCCCCCC/C(C)=C/C(=O)/C=C(\C)O. The van der Waals surface area contributed by atoms with Crippen molar-refractivity contribution < 1.29 is 9.90 Å². The lowest BCUT2D eigenvalue weighted by Crippen LogP contribution is -1.91. The third kappa shape index (κ3) is 9.50. The van der Waals surface area contributed by atoms with Crippen LogP contribution in [0.4, 0.5) is 0 Å². The highest BCUT2D eigenvalue weighted by Crippen LogP contribution is 2.10. The molecule has 2 nitrogen and oxygen atoms in total. The summed E-state index contributed by atoms with van der Waals surface area (Å²) in [6.07, 6.45) is 10.1. The van der Waals surface area contributed by atoms with Crippen LogP contribution in [0.1, 0.15) is 59.3 Å². The number of aliphatic hydroxyl groups is 1. The fourth-order valence-electron chi connectivity index (χ4n) is 1.57. The average molecular weight is 224 g/mol. The van der Waals surface area contributed by atoms with Gasteiger partial charge in [-0.2, -0.15) is 0 Å². The highest BCUT2D eigenvalue weighted by Gasteiger charge is 1.96. The summed E-state index contributed by atoms with van der Waals surface area (Å²) in [7, 11) is 0. The summed E-state index contributed by atoms with van der Waals surface area (Å²) in [5.41, 5.74) is 1.10. The Bertz CT molecular complexity index is 258. The molecular formula is C14H24O2. The highest BCUT2D eigenvalue weighted by molar-refractivity contribution is 5.99. The molecule has 0 bridgehead atoms. The monoisotopic (exact) mass is 224 g/mol. The van der Waals surface area contributed by atoms with Crippen LogP contribution in [0.5, 0.6) is 0 Å². The lowest BCUT2D eigenvalue weighted by Gasteiger charge is -2.00. The van der Waals surface area contributed by atoms with Gasteiger partial charge in [0.15, 0.2) is 5.78 Å². The summed E-state index contributed by atoms with van der Waals surface area (Å²) in [5.74, 6) is -0.0527. The average Bonchev–Trinajstić information content (AvgIpc) is 2.15. The van der Waals surface area contributed by atoms with Crippen molar-refractivity contribution in [2.75, 3.05) is 0 Å². The number of hydrogen-bond acceptors (Lipinski definition) is 2. The molecule has 0 aliphatic carbocycles. The predicted octanol–water partition coefficient (Wildman–Crippen LogP) is 4.32. The molecule has 0 amide bonds. The Morgan fingerprint density at radius 1 is 1.06 bits per heavy atom. The highest BCUT2D eigenvalue weighted by atomic mass is 16.3. The maximum atomic E-state index is 11.3. The summed E-state index contributed by atoms with van der Waals surface area (Å²) in [4.78, 5) is 11.3. The van der Waals surface area contributed by atoms with Gasteiger partial charge >= 0.3 is 0 Å². The quantitative estimate of drug-likeness (QED) is 0.378. The first-order chi connectivity index (χ1) is 7.56. The fraction of sp³-hybridized carbons (Fsp3) is 0.643. The third-order valence-corrected chi connectivity index (χ3v) is 2.41. The van der Waals surface area contributed by atoms with Crippen LogP contribution in [0, 0.1) is 0 Å². The van der Waals surface area contributed by atoms with Gasteiger partial charge in [0.05, 0.1) is 5.76 Å². The zero-order valence-corrected chi connectivity index (χ0v) is 10.8. The van der Waals surface area contributed by atoms with E-state index in [1.54, 1.807) is 6.08 Å². The van der Waals surface area contributed by atoms with Gasteiger partial charge in [0.2, 0.25) is 0 Å². The van der Waals surface area contributed by atoms with Crippen LogP contribution in [0.25, 0.3) is 0 Å². The van der Waals surface area contributed by atoms with Crippen LogP contribution < -0.4 is 0 Å². The van der Waals surface area contributed by atoms with Crippen LogP contribution in [0.15, 0.2) is 23.5 Å². The number of rotatable bonds is 8. The first-order valence-electron chi connectivity index (χ1n) is 6.14. The van der Waals surface area contributed by atoms with Crippen molar-refractivity contribution in [3.05, 3.63) is 23.5 Å².